The first-order valence-electron chi connectivity index (χ1n) is 10.7. The Kier molecular flexibility index (Phi) is 5.89. The summed E-state index contributed by atoms with van der Waals surface area (Å²) in [6.07, 6.45) is 1.22. The van der Waals surface area contributed by atoms with Gasteiger partial charge in [0.15, 0.2) is 0 Å². The van der Waals surface area contributed by atoms with E-state index < -0.39 is 0 Å². The van der Waals surface area contributed by atoms with Gasteiger partial charge in [0.2, 0.25) is 5.91 Å². The number of likely N-dealkylation sites (tertiary alicyclic amines) is 1. The molecule has 2 heterocycles. The van der Waals surface area contributed by atoms with Crippen molar-refractivity contribution < 1.29 is 14.3 Å². The predicted octanol–water partition coefficient (Wildman–Crippen LogP) is 3.95. The first-order chi connectivity index (χ1) is 15.0. The highest BCUT2D eigenvalue weighted by Crippen LogP contribution is 2.31. The van der Waals surface area contributed by atoms with Crippen molar-refractivity contribution in [2.75, 3.05) is 19.7 Å². The summed E-state index contributed by atoms with van der Waals surface area (Å²) in [7, 11) is 0. The van der Waals surface area contributed by atoms with Gasteiger partial charge in [-0.3, -0.25) is 9.59 Å². The molecule has 1 aromatic heterocycles. The minimum atomic E-state index is -0.283. The number of hydrogen-bond donors (Lipinski definition) is 1. The quantitative estimate of drug-likeness (QED) is 0.681. The molecular weight excluding hydrogens is 390 g/mol. The molecule has 0 saturated carbocycles. The molecule has 0 aliphatic carbocycles. The number of piperidine rings is 1. The van der Waals surface area contributed by atoms with Gasteiger partial charge in [0, 0.05) is 41.6 Å². The topological polar surface area (TPSA) is 85.5 Å². The molecule has 6 nitrogen and oxygen atoms in total. The van der Waals surface area contributed by atoms with Crippen molar-refractivity contribution in [3.8, 4) is 17.0 Å². The zero-order valence-electron chi connectivity index (χ0n) is 17.9. The van der Waals surface area contributed by atoms with Crippen molar-refractivity contribution in [2.45, 2.75) is 26.7 Å². The summed E-state index contributed by atoms with van der Waals surface area (Å²) >= 11 is 0. The Balaban J connectivity index is 1.66. The van der Waals surface area contributed by atoms with Crippen LogP contribution in [0.1, 0.15) is 35.7 Å². The van der Waals surface area contributed by atoms with Crippen LogP contribution >= 0.6 is 0 Å². The normalized spacial score (nSPS) is 14.6. The first-order valence-corrected chi connectivity index (χ1v) is 10.7. The van der Waals surface area contributed by atoms with E-state index in [0.29, 0.717) is 43.9 Å². The number of fused-ring (bicyclic) bond motifs is 1. The highest BCUT2D eigenvalue weighted by molar-refractivity contribution is 6.00. The molecule has 1 aliphatic rings. The third-order valence-electron chi connectivity index (χ3n) is 5.85. The molecule has 0 atom stereocenters. The Hall–Kier alpha value is -3.41. The van der Waals surface area contributed by atoms with E-state index >= 15 is 0 Å². The molecule has 0 radical (unpaired) electrons. The van der Waals surface area contributed by atoms with Crippen LogP contribution in [0.25, 0.3) is 22.2 Å². The van der Waals surface area contributed by atoms with Crippen LogP contribution in [0.3, 0.4) is 0 Å². The number of carbonyl (C=O) groups is 2. The standard InChI is InChI=1S/C25H27N3O3/c1-3-31-23-15-22(17-6-4-16(2)5-7-17)27-21-9-8-19(14-20(21)23)25(30)28-12-10-18(11-13-28)24(26)29/h4-9,14-15,18H,3,10-13H2,1-2H3,(H2,26,29). The number of amides is 2. The fourth-order valence-corrected chi connectivity index (χ4v) is 4.02. The van der Waals surface area contributed by atoms with Crippen LogP contribution in [0.4, 0.5) is 0 Å². The van der Waals surface area contributed by atoms with E-state index in [1.807, 2.05) is 43.3 Å². The molecule has 160 valence electrons. The van der Waals surface area contributed by atoms with Crippen LogP contribution < -0.4 is 10.5 Å². The summed E-state index contributed by atoms with van der Waals surface area (Å²) in [4.78, 5) is 31.0. The number of rotatable bonds is 5. The first kappa shape index (κ1) is 20.8. The molecular formula is C25H27N3O3. The summed E-state index contributed by atoms with van der Waals surface area (Å²) < 4.78 is 5.91. The fourth-order valence-electron chi connectivity index (χ4n) is 4.02. The summed E-state index contributed by atoms with van der Waals surface area (Å²) in [5, 5.41) is 0.815. The number of ether oxygens (including phenoxy) is 1. The van der Waals surface area contributed by atoms with Crippen LogP contribution in [-0.2, 0) is 4.79 Å². The van der Waals surface area contributed by atoms with E-state index in [9.17, 15) is 9.59 Å². The molecule has 3 aromatic rings. The number of nitrogens with zero attached hydrogens (tertiary/aromatic N) is 2. The van der Waals surface area contributed by atoms with Crippen LogP contribution in [-0.4, -0.2) is 41.4 Å². The summed E-state index contributed by atoms with van der Waals surface area (Å²) in [6, 6.07) is 15.7. The lowest BCUT2D eigenvalue weighted by molar-refractivity contribution is -0.123. The molecule has 1 saturated heterocycles. The Morgan fingerprint density at radius 2 is 1.81 bits per heavy atom. The van der Waals surface area contributed by atoms with Gasteiger partial charge in [-0.2, -0.15) is 0 Å². The van der Waals surface area contributed by atoms with Gasteiger partial charge in [-0.05, 0) is 44.9 Å². The van der Waals surface area contributed by atoms with Gasteiger partial charge in [-0.25, -0.2) is 4.98 Å². The molecule has 2 N–H and O–H groups in total. The molecule has 2 amide bonds. The Morgan fingerprint density at radius 1 is 1.10 bits per heavy atom. The number of primary amides is 1. The zero-order chi connectivity index (χ0) is 22.0. The molecule has 1 fully saturated rings. The van der Waals surface area contributed by atoms with E-state index in [0.717, 1.165) is 22.2 Å². The fraction of sp³-hybridized carbons (Fsp3) is 0.320. The van der Waals surface area contributed by atoms with Crippen molar-refractivity contribution in [1.82, 2.24) is 9.88 Å². The van der Waals surface area contributed by atoms with Crippen LogP contribution in [0, 0.1) is 12.8 Å². The van der Waals surface area contributed by atoms with Crippen LogP contribution in [0.2, 0.25) is 0 Å². The maximum absolute atomic E-state index is 13.1. The Labute approximate surface area is 182 Å². The molecule has 0 unspecified atom stereocenters. The van der Waals surface area contributed by atoms with Crippen molar-refractivity contribution in [3.63, 3.8) is 0 Å². The minimum Gasteiger partial charge on any atom is -0.493 e. The van der Waals surface area contributed by atoms with Gasteiger partial charge >= 0.3 is 0 Å². The number of aromatic nitrogens is 1. The number of hydrogen-bond acceptors (Lipinski definition) is 4. The maximum atomic E-state index is 13.1. The van der Waals surface area contributed by atoms with Crippen molar-refractivity contribution in [2.24, 2.45) is 11.7 Å². The summed E-state index contributed by atoms with van der Waals surface area (Å²) in [5.74, 6) is 0.240. The predicted molar refractivity (Wildman–Crippen MR) is 121 cm³/mol. The maximum Gasteiger partial charge on any atom is 0.253 e. The average Bonchev–Trinajstić information content (AvgIpc) is 2.79. The summed E-state index contributed by atoms with van der Waals surface area (Å²) in [6.45, 7) is 5.58. The van der Waals surface area contributed by atoms with Crippen LogP contribution in [0.15, 0.2) is 48.5 Å². The lowest BCUT2D eigenvalue weighted by Gasteiger charge is -2.30. The van der Waals surface area contributed by atoms with Crippen molar-refractivity contribution >= 4 is 22.7 Å². The van der Waals surface area contributed by atoms with Gasteiger partial charge in [0.1, 0.15) is 5.75 Å². The Morgan fingerprint density at radius 3 is 2.45 bits per heavy atom. The molecule has 6 heteroatoms. The lowest BCUT2D eigenvalue weighted by atomic mass is 9.95. The molecule has 2 aromatic carbocycles. The molecule has 1 aliphatic heterocycles. The van der Waals surface area contributed by atoms with E-state index in [2.05, 4.69) is 19.1 Å². The lowest BCUT2D eigenvalue weighted by Crippen LogP contribution is -2.41. The highest BCUT2D eigenvalue weighted by atomic mass is 16.5. The second kappa shape index (κ2) is 8.76. The number of nitrogens with two attached hydrogens (primary N) is 1. The Bertz CT molecular complexity index is 1120. The minimum absolute atomic E-state index is 0.0464. The zero-order valence-corrected chi connectivity index (χ0v) is 17.9. The van der Waals surface area contributed by atoms with Gasteiger partial charge in [0.25, 0.3) is 5.91 Å². The third kappa shape index (κ3) is 4.38. The number of aryl methyl sites for hydroxylation is 1. The smallest absolute Gasteiger partial charge is 0.253 e. The highest BCUT2D eigenvalue weighted by Gasteiger charge is 2.26. The second-order valence-electron chi connectivity index (χ2n) is 8.01. The largest absolute Gasteiger partial charge is 0.493 e. The number of carbonyl (C=O) groups excluding carboxylic acids is 2. The third-order valence-corrected chi connectivity index (χ3v) is 5.85. The van der Waals surface area contributed by atoms with Crippen molar-refractivity contribution in [3.05, 3.63) is 59.7 Å². The van der Waals surface area contributed by atoms with Gasteiger partial charge < -0.3 is 15.4 Å². The van der Waals surface area contributed by atoms with E-state index in [1.165, 1.54) is 5.56 Å². The SMILES string of the molecule is CCOc1cc(-c2ccc(C)cc2)nc2ccc(C(=O)N3CCC(C(N)=O)CC3)cc12. The average molecular weight is 418 g/mol. The monoisotopic (exact) mass is 417 g/mol. The number of benzene rings is 2. The van der Waals surface area contributed by atoms with E-state index in [1.54, 1.807) is 4.90 Å². The van der Waals surface area contributed by atoms with Crippen LogP contribution in [0.5, 0.6) is 5.75 Å². The molecule has 0 spiro atoms. The van der Waals surface area contributed by atoms with Gasteiger partial charge in [-0.1, -0.05) is 29.8 Å². The second-order valence-corrected chi connectivity index (χ2v) is 8.01. The summed E-state index contributed by atoms with van der Waals surface area (Å²) in [5.41, 5.74) is 9.83. The molecule has 0 bridgehead atoms. The van der Waals surface area contributed by atoms with Gasteiger partial charge in [0.05, 0.1) is 17.8 Å². The molecule has 4 rings (SSSR count). The van der Waals surface area contributed by atoms with Crippen molar-refractivity contribution in [1.29, 1.82) is 0 Å². The van der Waals surface area contributed by atoms with E-state index in [-0.39, 0.29) is 17.7 Å². The van der Waals surface area contributed by atoms with Gasteiger partial charge in [-0.15, -0.1) is 0 Å². The van der Waals surface area contributed by atoms with E-state index in [4.69, 9.17) is 15.5 Å². The molecule has 31 heavy (non-hydrogen) atoms. The number of pyridine rings is 1.